The third-order valence-corrected chi connectivity index (χ3v) is 3.51. The highest BCUT2D eigenvalue weighted by atomic mass is 35.5. The summed E-state index contributed by atoms with van der Waals surface area (Å²) in [6.07, 6.45) is 0.790. The van der Waals surface area contributed by atoms with E-state index in [0.717, 1.165) is 18.5 Å². The van der Waals surface area contributed by atoms with Gasteiger partial charge in [0.05, 0.1) is 16.1 Å². The maximum absolute atomic E-state index is 6.07. The molecule has 0 heterocycles. The zero-order valence-electron chi connectivity index (χ0n) is 12.0. The lowest BCUT2D eigenvalue weighted by Crippen LogP contribution is -2.34. The summed E-state index contributed by atoms with van der Waals surface area (Å²) in [7, 11) is 4.01. The van der Waals surface area contributed by atoms with E-state index < -0.39 is 0 Å². The minimum atomic E-state index is -0.120. The Morgan fingerprint density at radius 3 is 2.45 bits per heavy atom. The van der Waals surface area contributed by atoms with Crippen LogP contribution < -0.4 is 11.6 Å². The summed E-state index contributed by atoms with van der Waals surface area (Å²) in [5.41, 5.74) is 6.54. The Balaban J connectivity index is 3.02. The van der Waals surface area contributed by atoms with Gasteiger partial charge in [-0.3, -0.25) is 0 Å². The Kier molecular flexibility index (Phi) is 6.55. The monoisotopic (exact) mass is 317 g/mol. The first-order chi connectivity index (χ1) is 9.31. The molecule has 20 heavy (non-hydrogen) atoms. The topological polar surface area (TPSA) is 70.9 Å². The van der Waals surface area contributed by atoms with Gasteiger partial charge in [-0.05, 0) is 51.7 Å². The van der Waals surface area contributed by atoms with Gasteiger partial charge in [0.1, 0.15) is 5.84 Å². The molecule has 0 radical (unpaired) electrons. The highest BCUT2D eigenvalue weighted by molar-refractivity contribution is 6.42. The molecule has 112 valence electrons. The van der Waals surface area contributed by atoms with Gasteiger partial charge in [-0.25, -0.2) is 11.0 Å². The molecule has 1 aromatic carbocycles. The number of nitrogens with zero attached hydrogens (tertiary/aromatic N) is 3. The van der Waals surface area contributed by atoms with Gasteiger partial charge in [-0.2, -0.15) is 0 Å². The van der Waals surface area contributed by atoms with Crippen molar-refractivity contribution in [1.82, 2.24) is 10.0 Å². The number of benzene rings is 1. The van der Waals surface area contributed by atoms with Crippen LogP contribution in [0, 0.1) is 0 Å². The van der Waals surface area contributed by atoms with E-state index in [-0.39, 0.29) is 6.04 Å². The molecular formula is C13H21Cl2N5. The second kappa shape index (κ2) is 7.69. The molecular weight excluding hydrogens is 297 g/mol. The molecule has 0 saturated carbocycles. The molecule has 0 aliphatic heterocycles. The second-order valence-electron chi connectivity index (χ2n) is 4.90. The first kappa shape index (κ1) is 17.0. The van der Waals surface area contributed by atoms with E-state index in [2.05, 4.69) is 10.0 Å². The molecule has 5 nitrogen and oxygen atoms in total. The third kappa shape index (κ3) is 5.17. The molecule has 1 aromatic rings. The van der Waals surface area contributed by atoms with Crippen LogP contribution in [0.15, 0.2) is 23.3 Å². The minimum Gasteiger partial charge on any atom is -0.386 e. The predicted octanol–water partition coefficient (Wildman–Crippen LogP) is 2.45. The molecule has 1 unspecified atom stereocenters. The van der Waals surface area contributed by atoms with Crippen molar-refractivity contribution >= 4 is 29.0 Å². The summed E-state index contributed by atoms with van der Waals surface area (Å²) < 4.78 is 0. The van der Waals surface area contributed by atoms with Crippen LogP contribution in [0.5, 0.6) is 0 Å². The normalized spacial score (nSPS) is 13.7. The van der Waals surface area contributed by atoms with Crippen molar-refractivity contribution < 1.29 is 0 Å². The first-order valence-electron chi connectivity index (χ1n) is 6.25. The molecule has 0 amide bonds. The molecule has 0 spiro atoms. The molecule has 0 aromatic heterocycles. The molecule has 1 rings (SSSR count). The van der Waals surface area contributed by atoms with Gasteiger partial charge in [-0.1, -0.05) is 29.3 Å². The highest BCUT2D eigenvalue weighted by Crippen LogP contribution is 2.29. The largest absolute Gasteiger partial charge is 0.386 e. The second-order valence-corrected chi connectivity index (χ2v) is 5.72. The number of hydrogen-bond acceptors (Lipinski definition) is 4. The van der Waals surface area contributed by atoms with Crippen LogP contribution in [0.25, 0.3) is 0 Å². The number of hydrogen-bond donors (Lipinski definition) is 2. The molecule has 4 N–H and O–H groups in total. The van der Waals surface area contributed by atoms with Gasteiger partial charge >= 0.3 is 0 Å². The average Bonchev–Trinajstić information content (AvgIpc) is 2.32. The van der Waals surface area contributed by atoms with Crippen molar-refractivity contribution in [3.05, 3.63) is 33.8 Å². The van der Waals surface area contributed by atoms with Gasteiger partial charge < -0.3 is 10.6 Å². The number of nitrogens with two attached hydrogens (primary N) is 2. The molecule has 0 bridgehead atoms. The molecule has 0 aliphatic carbocycles. The smallest absolute Gasteiger partial charge is 0.118 e. The van der Waals surface area contributed by atoms with Crippen LogP contribution in [0.4, 0.5) is 0 Å². The Hall–Kier alpha value is -1.01. The predicted molar refractivity (Wildman–Crippen MR) is 85.7 cm³/mol. The lowest BCUT2D eigenvalue weighted by molar-refractivity contribution is 0.186. The highest BCUT2D eigenvalue weighted by Gasteiger charge is 2.18. The van der Waals surface area contributed by atoms with Crippen LogP contribution in [0.2, 0.25) is 10.0 Å². The SMILES string of the molecule is C/C(N)=N/N(N)C(CCN(C)C)c1ccc(Cl)c(Cl)c1. The zero-order chi connectivity index (χ0) is 15.3. The summed E-state index contributed by atoms with van der Waals surface area (Å²) in [6, 6.07) is 5.35. The van der Waals surface area contributed by atoms with Crippen LogP contribution >= 0.6 is 23.2 Å². The summed E-state index contributed by atoms with van der Waals surface area (Å²) in [6.45, 7) is 2.55. The summed E-state index contributed by atoms with van der Waals surface area (Å²) in [4.78, 5) is 2.08. The van der Waals surface area contributed by atoms with Crippen LogP contribution in [-0.4, -0.2) is 36.5 Å². The number of rotatable bonds is 6. The van der Waals surface area contributed by atoms with E-state index in [4.69, 9.17) is 34.8 Å². The van der Waals surface area contributed by atoms with Gasteiger partial charge in [0.15, 0.2) is 0 Å². The summed E-state index contributed by atoms with van der Waals surface area (Å²) in [5, 5.41) is 6.49. The van der Waals surface area contributed by atoms with Crippen molar-refractivity contribution in [2.24, 2.45) is 16.7 Å². The Bertz CT molecular complexity index is 472. The van der Waals surface area contributed by atoms with Crippen LogP contribution in [0.1, 0.15) is 24.9 Å². The Morgan fingerprint density at radius 2 is 1.95 bits per heavy atom. The fourth-order valence-corrected chi connectivity index (χ4v) is 2.11. The first-order valence-corrected chi connectivity index (χ1v) is 7.01. The van der Waals surface area contributed by atoms with Crippen molar-refractivity contribution in [3.8, 4) is 0 Å². The van der Waals surface area contributed by atoms with Crippen molar-refractivity contribution in [2.75, 3.05) is 20.6 Å². The number of halogens is 2. The fraction of sp³-hybridized carbons (Fsp3) is 0.462. The average molecular weight is 318 g/mol. The van der Waals surface area contributed by atoms with Crippen molar-refractivity contribution in [3.63, 3.8) is 0 Å². The molecule has 0 fully saturated rings. The lowest BCUT2D eigenvalue weighted by Gasteiger charge is -2.27. The summed E-state index contributed by atoms with van der Waals surface area (Å²) >= 11 is 12.0. The quantitative estimate of drug-likeness (QED) is 0.366. The van der Waals surface area contributed by atoms with E-state index in [1.165, 1.54) is 5.12 Å². The van der Waals surface area contributed by atoms with E-state index in [1.807, 2.05) is 26.2 Å². The maximum Gasteiger partial charge on any atom is 0.118 e. The van der Waals surface area contributed by atoms with Crippen molar-refractivity contribution in [1.29, 1.82) is 0 Å². The van der Waals surface area contributed by atoms with Crippen LogP contribution in [0.3, 0.4) is 0 Å². The van der Waals surface area contributed by atoms with Crippen molar-refractivity contribution in [2.45, 2.75) is 19.4 Å². The fourth-order valence-electron chi connectivity index (χ4n) is 1.80. The maximum atomic E-state index is 6.07. The number of hydrazine groups is 1. The minimum absolute atomic E-state index is 0.120. The van der Waals surface area contributed by atoms with E-state index in [1.54, 1.807) is 13.0 Å². The van der Waals surface area contributed by atoms with Gasteiger partial charge in [0.25, 0.3) is 0 Å². The standard InChI is InChI=1S/C13H21Cl2N5/c1-9(16)18-20(17)13(6-7-19(2)3)10-4-5-11(14)12(15)8-10/h4-5,8,13H,6-7,17H2,1-3H3,(H2,16,18). The molecule has 0 saturated heterocycles. The van der Waals surface area contributed by atoms with Gasteiger partial charge in [0, 0.05) is 0 Å². The zero-order valence-corrected chi connectivity index (χ0v) is 13.5. The number of hydrazone groups is 1. The van der Waals surface area contributed by atoms with Crippen LogP contribution in [-0.2, 0) is 0 Å². The van der Waals surface area contributed by atoms with E-state index in [9.17, 15) is 0 Å². The third-order valence-electron chi connectivity index (χ3n) is 2.77. The molecule has 7 heteroatoms. The Labute approximate surface area is 130 Å². The van der Waals surface area contributed by atoms with Gasteiger partial charge in [-0.15, -0.1) is 5.10 Å². The Morgan fingerprint density at radius 1 is 1.30 bits per heavy atom. The molecule has 1 atom stereocenters. The lowest BCUT2D eigenvalue weighted by atomic mass is 10.0. The van der Waals surface area contributed by atoms with E-state index in [0.29, 0.717) is 15.9 Å². The van der Waals surface area contributed by atoms with E-state index >= 15 is 0 Å². The molecule has 0 aliphatic rings. The number of amidine groups is 1. The summed E-state index contributed by atoms with van der Waals surface area (Å²) in [5.74, 6) is 6.40. The van der Waals surface area contributed by atoms with Gasteiger partial charge in [0.2, 0.25) is 0 Å².